The Morgan fingerprint density at radius 2 is 2.17 bits per heavy atom. The zero-order valence-corrected chi connectivity index (χ0v) is 11.1. The molecular weight excluding hydrogens is 252 g/mol. The minimum atomic E-state index is -1.09. The number of nitrogen functional groups attached to an aromatic ring is 1. The van der Waals surface area contributed by atoms with Crippen LogP contribution in [0.15, 0.2) is 10.6 Å². The number of hydrogen-bond acceptors (Lipinski definition) is 4. The highest BCUT2D eigenvalue weighted by atomic mass is 35.5. The summed E-state index contributed by atoms with van der Waals surface area (Å²) < 4.78 is 5.28. The lowest BCUT2D eigenvalue weighted by molar-refractivity contribution is 0.0796. The van der Waals surface area contributed by atoms with Gasteiger partial charge in [0.25, 0.3) is 0 Å². The first-order chi connectivity index (χ1) is 8.39. The van der Waals surface area contributed by atoms with Crippen molar-refractivity contribution in [2.75, 3.05) is 5.73 Å². The number of rotatable bonds is 2. The molecule has 1 heterocycles. The lowest BCUT2D eigenvalue weighted by Gasteiger charge is -2.21. The molecule has 0 atom stereocenters. The van der Waals surface area contributed by atoms with Gasteiger partial charge in [0.05, 0.1) is 21.7 Å². The van der Waals surface area contributed by atoms with E-state index in [1.165, 1.54) is 0 Å². The van der Waals surface area contributed by atoms with Crippen LogP contribution in [0.5, 0.6) is 0 Å². The summed E-state index contributed by atoms with van der Waals surface area (Å²) in [5.41, 5.74) is 7.30. The van der Waals surface area contributed by atoms with Gasteiger partial charge < -0.3 is 15.4 Å². The Morgan fingerprint density at radius 3 is 2.72 bits per heavy atom. The van der Waals surface area contributed by atoms with Gasteiger partial charge in [-0.15, -0.1) is 0 Å². The van der Waals surface area contributed by atoms with E-state index in [0.29, 0.717) is 27.8 Å². The smallest absolute Gasteiger partial charge is 0.170 e. The summed E-state index contributed by atoms with van der Waals surface area (Å²) in [6, 6.07) is 1.69. The van der Waals surface area contributed by atoms with Gasteiger partial charge in [-0.1, -0.05) is 16.8 Å². The van der Waals surface area contributed by atoms with E-state index in [1.54, 1.807) is 19.9 Å². The molecule has 1 aromatic heterocycles. The normalized spacial score (nSPS) is 16.4. The van der Waals surface area contributed by atoms with Gasteiger partial charge in [0, 0.05) is 23.2 Å². The first-order valence-corrected chi connectivity index (χ1v) is 6.37. The van der Waals surface area contributed by atoms with Crippen molar-refractivity contribution in [1.29, 1.82) is 0 Å². The first-order valence-electron chi connectivity index (χ1n) is 5.99. The molecule has 0 amide bonds. The van der Waals surface area contributed by atoms with E-state index >= 15 is 0 Å². The molecule has 1 aliphatic rings. The third kappa shape index (κ3) is 1.68. The highest BCUT2D eigenvalue weighted by Crippen LogP contribution is 2.47. The molecule has 3 rings (SSSR count). The van der Waals surface area contributed by atoms with Gasteiger partial charge in [0.15, 0.2) is 5.58 Å². The van der Waals surface area contributed by atoms with Crippen molar-refractivity contribution in [1.82, 2.24) is 5.16 Å². The van der Waals surface area contributed by atoms with Crippen LogP contribution in [0.3, 0.4) is 0 Å². The summed E-state index contributed by atoms with van der Waals surface area (Å²) in [6.45, 7) is 3.33. The molecule has 0 saturated heterocycles. The van der Waals surface area contributed by atoms with Gasteiger partial charge in [-0.3, -0.25) is 0 Å². The molecule has 0 spiro atoms. The largest absolute Gasteiger partial charge is 0.398 e. The highest BCUT2D eigenvalue weighted by molar-refractivity contribution is 6.37. The van der Waals surface area contributed by atoms with Crippen LogP contribution in [-0.4, -0.2) is 10.3 Å². The van der Waals surface area contributed by atoms with Crippen molar-refractivity contribution < 1.29 is 9.63 Å². The molecule has 0 unspecified atom stereocenters. The number of halogens is 1. The number of nitrogens with two attached hydrogens (primary N) is 1. The van der Waals surface area contributed by atoms with E-state index in [9.17, 15) is 5.11 Å². The highest BCUT2D eigenvalue weighted by Gasteiger charge is 2.33. The molecule has 1 aromatic carbocycles. The molecule has 1 saturated carbocycles. The molecule has 4 nitrogen and oxygen atoms in total. The molecule has 1 aliphatic carbocycles. The number of benzene rings is 1. The number of aliphatic hydroxyl groups is 1. The van der Waals surface area contributed by atoms with Crippen LogP contribution < -0.4 is 5.73 Å². The van der Waals surface area contributed by atoms with Gasteiger partial charge in [-0.05, 0) is 26.7 Å². The molecule has 5 heteroatoms. The van der Waals surface area contributed by atoms with E-state index in [1.807, 2.05) is 0 Å². The molecule has 2 aromatic rings. The Balaban J connectivity index is 2.34. The quantitative estimate of drug-likeness (QED) is 0.819. The van der Waals surface area contributed by atoms with Gasteiger partial charge in [-0.2, -0.15) is 0 Å². The Kier molecular flexibility index (Phi) is 2.37. The second-order valence-corrected chi connectivity index (χ2v) is 5.81. The Hall–Kier alpha value is -1.26. The summed E-state index contributed by atoms with van der Waals surface area (Å²) in [6.07, 6.45) is 2.22. The summed E-state index contributed by atoms with van der Waals surface area (Å²) in [4.78, 5) is 0. The third-order valence-corrected chi connectivity index (χ3v) is 3.71. The maximum Gasteiger partial charge on any atom is 0.170 e. The number of aromatic nitrogens is 1. The molecule has 96 valence electrons. The average molecular weight is 267 g/mol. The monoisotopic (exact) mass is 266 g/mol. The first kappa shape index (κ1) is 11.8. The van der Waals surface area contributed by atoms with Crippen LogP contribution in [0.1, 0.15) is 43.9 Å². The predicted molar refractivity (Wildman–Crippen MR) is 70.7 cm³/mol. The van der Waals surface area contributed by atoms with Crippen LogP contribution in [0, 0.1) is 0 Å². The van der Waals surface area contributed by atoms with Crippen molar-refractivity contribution in [3.63, 3.8) is 0 Å². The summed E-state index contributed by atoms with van der Waals surface area (Å²) in [7, 11) is 0. The van der Waals surface area contributed by atoms with Crippen LogP contribution in [-0.2, 0) is 5.60 Å². The van der Waals surface area contributed by atoms with E-state index in [4.69, 9.17) is 21.9 Å². The van der Waals surface area contributed by atoms with Crippen molar-refractivity contribution in [3.05, 3.63) is 22.3 Å². The van der Waals surface area contributed by atoms with Crippen LogP contribution in [0.25, 0.3) is 11.0 Å². The van der Waals surface area contributed by atoms with E-state index in [2.05, 4.69) is 5.16 Å². The Morgan fingerprint density at radius 1 is 1.50 bits per heavy atom. The maximum absolute atomic E-state index is 10.2. The zero-order chi connectivity index (χ0) is 13.1. The number of hydrogen-bond donors (Lipinski definition) is 2. The molecule has 3 N–H and O–H groups in total. The van der Waals surface area contributed by atoms with Crippen molar-refractivity contribution >= 4 is 28.3 Å². The second-order valence-electron chi connectivity index (χ2n) is 5.43. The fraction of sp³-hybridized carbons (Fsp3) is 0.462. The van der Waals surface area contributed by atoms with Crippen molar-refractivity contribution in [3.8, 4) is 0 Å². The minimum absolute atomic E-state index is 0.429. The zero-order valence-electron chi connectivity index (χ0n) is 10.3. The second kappa shape index (κ2) is 3.62. The van der Waals surface area contributed by atoms with Gasteiger partial charge >= 0.3 is 0 Å². The fourth-order valence-electron chi connectivity index (χ4n) is 2.36. The third-order valence-electron chi connectivity index (χ3n) is 3.33. The Bertz CT molecular complexity index is 624. The molecule has 0 aliphatic heterocycles. The summed E-state index contributed by atoms with van der Waals surface area (Å²) in [5.74, 6) is 0.432. The molecular formula is C13H15ClN2O2. The van der Waals surface area contributed by atoms with Crippen LogP contribution in [0.4, 0.5) is 5.69 Å². The molecule has 1 fully saturated rings. The number of anilines is 1. The number of fused-ring (bicyclic) bond motifs is 1. The number of nitrogens with zero attached hydrogens (tertiary/aromatic N) is 1. The maximum atomic E-state index is 10.2. The standard InChI is InChI=1S/C13H15ClN2O2/c1-13(2,17)10-7(15)5-8-9(11(10)14)12(16-18-8)6-3-4-6/h5-6,17H,3-4,15H2,1-2H3. The SMILES string of the molecule is CC(C)(O)c1c(N)cc2onc(C3CC3)c2c1Cl. The van der Waals surface area contributed by atoms with Crippen molar-refractivity contribution in [2.24, 2.45) is 0 Å². The van der Waals surface area contributed by atoms with Gasteiger partial charge in [0.2, 0.25) is 0 Å². The molecule has 0 radical (unpaired) electrons. The van der Waals surface area contributed by atoms with Gasteiger partial charge in [-0.25, -0.2) is 0 Å². The van der Waals surface area contributed by atoms with E-state index in [-0.39, 0.29) is 0 Å². The molecule has 18 heavy (non-hydrogen) atoms. The predicted octanol–water partition coefficient (Wildman–Crippen LogP) is 3.17. The van der Waals surface area contributed by atoms with Crippen LogP contribution in [0.2, 0.25) is 5.02 Å². The lowest BCUT2D eigenvalue weighted by Crippen LogP contribution is -2.18. The summed E-state index contributed by atoms with van der Waals surface area (Å²) >= 11 is 6.41. The van der Waals surface area contributed by atoms with E-state index in [0.717, 1.165) is 23.9 Å². The van der Waals surface area contributed by atoms with Crippen LogP contribution >= 0.6 is 11.6 Å². The molecule has 0 bridgehead atoms. The Labute approximate surface area is 110 Å². The average Bonchev–Trinajstić information content (AvgIpc) is 2.97. The van der Waals surface area contributed by atoms with Crippen molar-refractivity contribution in [2.45, 2.75) is 38.2 Å². The van der Waals surface area contributed by atoms with Gasteiger partial charge in [0.1, 0.15) is 0 Å². The van der Waals surface area contributed by atoms with E-state index < -0.39 is 5.60 Å². The lowest BCUT2D eigenvalue weighted by atomic mass is 9.94. The fourth-order valence-corrected chi connectivity index (χ4v) is 2.89. The summed E-state index contributed by atoms with van der Waals surface area (Å²) in [5, 5.41) is 15.5. The minimum Gasteiger partial charge on any atom is -0.398 e. The topological polar surface area (TPSA) is 72.3 Å².